The highest BCUT2D eigenvalue weighted by Gasteiger charge is 2.40. The molecule has 5 heterocycles. The monoisotopic (exact) mass is 484 g/mol. The second-order valence-electron chi connectivity index (χ2n) is 11.1. The smallest absolute Gasteiger partial charge is 0.318 e. The van der Waals surface area contributed by atoms with Crippen molar-refractivity contribution < 1.29 is 4.74 Å². The van der Waals surface area contributed by atoms with Crippen LogP contribution in [0.4, 0.5) is 11.5 Å². The summed E-state index contributed by atoms with van der Waals surface area (Å²) in [6.07, 6.45) is 4.59. The van der Waals surface area contributed by atoms with Crippen LogP contribution in [0.2, 0.25) is 0 Å². The molecule has 7 rings (SSSR count). The molecule has 1 N–H and O–H groups in total. The van der Waals surface area contributed by atoms with Crippen LogP contribution in [-0.2, 0) is 13.0 Å². The lowest BCUT2D eigenvalue weighted by molar-refractivity contribution is 0.187. The van der Waals surface area contributed by atoms with E-state index in [1.807, 2.05) is 0 Å². The zero-order chi connectivity index (χ0) is 24.2. The van der Waals surface area contributed by atoms with E-state index in [0.717, 1.165) is 50.7 Å². The van der Waals surface area contributed by atoms with Crippen LogP contribution in [0, 0.1) is 6.92 Å². The van der Waals surface area contributed by atoms with Crippen LogP contribution in [-0.4, -0.2) is 72.8 Å². The molecule has 0 aliphatic carbocycles. The fourth-order valence-corrected chi connectivity index (χ4v) is 6.85. The number of likely N-dealkylation sites (N-methyl/N-ethyl adjacent to an activating group) is 1. The maximum atomic E-state index is 6.31. The highest BCUT2D eigenvalue weighted by molar-refractivity contribution is 5.97. The normalized spacial score (nSPS) is 25.7. The first-order valence-electron chi connectivity index (χ1n) is 13.6. The molecule has 3 fully saturated rings. The van der Waals surface area contributed by atoms with Crippen molar-refractivity contribution in [3.05, 3.63) is 53.2 Å². The van der Waals surface area contributed by atoms with E-state index < -0.39 is 0 Å². The van der Waals surface area contributed by atoms with Gasteiger partial charge in [0.15, 0.2) is 0 Å². The maximum absolute atomic E-state index is 6.31. The first-order chi connectivity index (χ1) is 17.6. The molecule has 7 heteroatoms. The third-order valence-electron chi connectivity index (χ3n) is 8.86. The number of ether oxygens (including phenoxy) is 1. The molecule has 0 amide bonds. The van der Waals surface area contributed by atoms with E-state index in [4.69, 9.17) is 14.7 Å². The number of likely N-dealkylation sites (tertiary alicyclic amines) is 1. The summed E-state index contributed by atoms with van der Waals surface area (Å²) in [7, 11) is 2.19. The van der Waals surface area contributed by atoms with E-state index in [0.29, 0.717) is 30.7 Å². The Hall–Kier alpha value is -2.90. The molecule has 4 aliphatic heterocycles. The first-order valence-corrected chi connectivity index (χ1v) is 13.6. The third-order valence-corrected chi connectivity index (χ3v) is 8.86. The summed E-state index contributed by atoms with van der Waals surface area (Å²) < 4.78 is 6.31. The van der Waals surface area contributed by atoms with Crippen molar-refractivity contribution in [1.82, 2.24) is 20.2 Å². The minimum Gasteiger partial charge on any atom is -0.462 e. The van der Waals surface area contributed by atoms with Crippen molar-refractivity contribution in [1.29, 1.82) is 0 Å². The number of hydrogen-bond acceptors (Lipinski definition) is 7. The molecule has 1 aromatic heterocycles. The average molecular weight is 485 g/mol. The van der Waals surface area contributed by atoms with Gasteiger partial charge >= 0.3 is 6.01 Å². The van der Waals surface area contributed by atoms with Gasteiger partial charge in [0.2, 0.25) is 0 Å². The molecule has 2 unspecified atom stereocenters. The molecular weight excluding hydrogens is 448 g/mol. The molecule has 0 radical (unpaired) electrons. The summed E-state index contributed by atoms with van der Waals surface area (Å²) in [6.45, 7) is 7.87. The number of aryl methyl sites for hydroxylation is 1. The molecule has 188 valence electrons. The minimum absolute atomic E-state index is 0.454. The molecule has 3 saturated heterocycles. The summed E-state index contributed by atoms with van der Waals surface area (Å²) in [5.41, 5.74) is 5.07. The van der Waals surface area contributed by atoms with Crippen LogP contribution in [0.25, 0.3) is 10.8 Å². The fraction of sp³-hybridized carbons (Fsp3) is 0.517. The van der Waals surface area contributed by atoms with Gasteiger partial charge in [0.25, 0.3) is 0 Å². The Labute approximate surface area is 213 Å². The van der Waals surface area contributed by atoms with E-state index in [2.05, 4.69) is 70.4 Å². The van der Waals surface area contributed by atoms with E-state index >= 15 is 0 Å². The molecular formula is C29H36N6O. The minimum atomic E-state index is 0.454. The van der Waals surface area contributed by atoms with Gasteiger partial charge in [0.05, 0.1) is 12.2 Å². The average Bonchev–Trinajstić information content (AvgIpc) is 3.64. The van der Waals surface area contributed by atoms with Gasteiger partial charge in [-0.05, 0) is 63.2 Å². The number of aromatic nitrogens is 2. The highest BCUT2D eigenvalue weighted by atomic mass is 16.5. The van der Waals surface area contributed by atoms with E-state index in [-0.39, 0.29) is 0 Å². The summed E-state index contributed by atoms with van der Waals surface area (Å²) in [6, 6.07) is 15.4. The lowest BCUT2D eigenvalue weighted by Gasteiger charge is -2.35. The van der Waals surface area contributed by atoms with Crippen molar-refractivity contribution in [3.63, 3.8) is 0 Å². The Bertz CT molecular complexity index is 1290. The molecule has 2 aromatic carbocycles. The molecule has 2 bridgehead atoms. The van der Waals surface area contributed by atoms with Crippen LogP contribution in [0.5, 0.6) is 6.01 Å². The second kappa shape index (κ2) is 8.89. The van der Waals surface area contributed by atoms with Crippen LogP contribution in [0.15, 0.2) is 36.4 Å². The Morgan fingerprint density at radius 2 is 2.00 bits per heavy atom. The Kier molecular flexibility index (Phi) is 5.51. The predicted octanol–water partition coefficient (Wildman–Crippen LogP) is 3.52. The Balaban J connectivity index is 1.24. The number of rotatable bonds is 5. The number of nitrogens with zero attached hydrogens (tertiary/aromatic N) is 5. The van der Waals surface area contributed by atoms with Crippen molar-refractivity contribution >= 4 is 22.3 Å². The number of piperazine rings is 1. The zero-order valence-corrected chi connectivity index (χ0v) is 21.4. The van der Waals surface area contributed by atoms with Gasteiger partial charge in [-0.1, -0.05) is 30.3 Å². The number of anilines is 2. The van der Waals surface area contributed by atoms with Gasteiger partial charge in [0.1, 0.15) is 12.4 Å². The number of fused-ring (bicyclic) bond motifs is 4. The molecule has 7 nitrogen and oxygen atoms in total. The SMILES string of the molecule is Cc1cccc2cccc(N3CCc4c(nc(OC[C@@H]5CCCN5C)nc4N4CC5CC4CN5)C3)c12. The lowest BCUT2D eigenvalue weighted by atomic mass is 9.99. The van der Waals surface area contributed by atoms with E-state index in [9.17, 15) is 0 Å². The Morgan fingerprint density at radius 1 is 1.11 bits per heavy atom. The van der Waals surface area contributed by atoms with E-state index in [1.165, 1.54) is 46.8 Å². The first kappa shape index (κ1) is 22.3. The third kappa shape index (κ3) is 3.80. The summed E-state index contributed by atoms with van der Waals surface area (Å²) in [5.74, 6) is 1.12. The number of benzene rings is 2. The largest absolute Gasteiger partial charge is 0.462 e. The standard InChI is InChI=1S/C29H36N6O/c1-19-6-3-7-20-8-4-10-26(27(19)20)34-13-11-24-25(17-34)31-29(36-18-22-9-5-12-33(22)2)32-28(24)35-16-21-14-23(35)15-30-21/h3-4,6-8,10,21-23,30H,5,9,11-18H2,1-2H3/t21?,22-,23?/m0/s1. The maximum Gasteiger partial charge on any atom is 0.318 e. The summed E-state index contributed by atoms with van der Waals surface area (Å²) >= 11 is 0. The molecule has 0 spiro atoms. The highest BCUT2D eigenvalue weighted by Crippen LogP contribution is 2.37. The van der Waals surface area contributed by atoms with Gasteiger partial charge in [-0.2, -0.15) is 9.97 Å². The molecule has 36 heavy (non-hydrogen) atoms. The van der Waals surface area contributed by atoms with Crippen LogP contribution >= 0.6 is 0 Å². The zero-order valence-electron chi connectivity index (χ0n) is 21.4. The van der Waals surface area contributed by atoms with Crippen LogP contribution < -0.4 is 19.9 Å². The molecule has 4 aliphatic rings. The summed E-state index contributed by atoms with van der Waals surface area (Å²) in [4.78, 5) is 17.5. The van der Waals surface area contributed by atoms with Crippen molar-refractivity contribution in [2.24, 2.45) is 0 Å². The molecule has 3 atom stereocenters. The molecule has 3 aromatic rings. The van der Waals surface area contributed by atoms with Crippen molar-refractivity contribution in [2.75, 3.05) is 49.6 Å². The number of hydrogen-bond donors (Lipinski definition) is 1. The van der Waals surface area contributed by atoms with Gasteiger partial charge in [-0.25, -0.2) is 0 Å². The van der Waals surface area contributed by atoms with Gasteiger partial charge in [-0.3, -0.25) is 0 Å². The van der Waals surface area contributed by atoms with Crippen molar-refractivity contribution in [2.45, 2.75) is 57.3 Å². The van der Waals surface area contributed by atoms with Gasteiger partial charge in [-0.15, -0.1) is 0 Å². The molecule has 0 saturated carbocycles. The van der Waals surface area contributed by atoms with Gasteiger partial charge in [0, 0.05) is 54.4 Å². The quantitative estimate of drug-likeness (QED) is 0.595. The predicted molar refractivity (Wildman–Crippen MR) is 144 cm³/mol. The lowest BCUT2D eigenvalue weighted by Crippen LogP contribution is -2.45. The van der Waals surface area contributed by atoms with Crippen LogP contribution in [0.1, 0.15) is 36.1 Å². The summed E-state index contributed by atoms with van der Waals surface area (Å²) in [5, 5.41) is 6.28. The van der Waals surface area contributed by atoms with E-state index in [1.54, 1.807) is 0 Å². The Morgan fingerprint density at radius 3 is 2.78 bits per heavy atom. The topological polar surface area (TPSA) is 56.8 Å². The number of nitrogens with one attached hydrogen (secondary N) is 1. The second-order valence-corrected chi connectivity index (χ2v) is 11.1. The fourth-order valence-electron chi connectivity index (χ4n) is 6.85. The van der Waals surface area contributed by atoms with Crippen LogP contribution in [0.3, 0.4) is 0 Å². The van der Waals surface area contributed by atoms with Gasteiger partial charge < -0.3 is 24.8 Å². The van der Waals surface area contributed by atoms with Crippen molar-refractivity contribution in [3.8, 4) is 6.01 Å².